The molecule has 6 unspecified atom stereocenters. The van der Waals surface area contributed by atoms with Crippen LogP contribution >= 0.6 is 46.9 Å². The van der Waals surface area contributed by atoms with Crippen LogP contribution < -0.4 is 78.5 Å². The number of nitrogens with two attached hydrogens (primary N) is 1. The number of ether oxygens (including phenoxy) is 6. The van der Waals surface area contributed by atoms with Crippen molar-refractivity contribution in [2.45, 2.75) is 222 Å². The molecule has 0 spiro atoms. The van der Waals surface area contributed by atoms with E-state index in [2.05, 4.69) is 20.3 Å². The van der Waals surface area contributed by atoms with Crippen molar-refractivity contribution in [2.24, 2.45) is 5.73 Å². The summed E-state index contributed by atoms with van der Waals surface area (Å²) in [4.78, 5) is 246. The Morgan fingerprint density at radius 2 is 0.575 bits per heavy atom. The minimum atomic E-state index is -5.77. The van der Waals surface area contributed by atoms with Crippen LogP contribution in [0.3, 0.4) is 0 Å². The normalized spacial score (nSPS) is 28.4. The minimum absolute atomic E-state index is 0.0118. The summed E-state index contributed by atoms with van der Waals surface area (Å²) in [6.45, 7) is 0.486. The van der Waals surface area contributed by atoms with Gasteiger partial charge >= 0.3 is 81.1 Å². The number of aliphatic hydroxyl groups excluding tert-OH is 2. The van der Waals surface area contributed by atoms with Crippen molar-refractivity contribution < 1.29 is 154 Å². The second-order valence-corrected chi connectivity index (χ2v) is 40.2. The van der Waals surface area contributed by atoms with Crippen LogP contribution in [0.25, 0.3) is 0 Å². The fourth-order valence-corrected chi connectivity index (χ4v) is 20.3. The zero-order valence-electron chi connectivity index (χ0n) is 71.5. The second-order valence-electron chi connectivity index (χ2n) is 31.8. The first kappa shape index (κ1) is 105. The monoisotopic (exact) mass is 2030 g/mol. The van der Waals surface area contributed by atoms with Crippen molar-refractivity contribution in [2.75, 3.05) is 59.4 Å². The molecule has 12 heterocycles. The van der Waals surface area contributed by atoms with Gasteiger partial charge in [-0.15, -0.1) is 0 Å². The van der Waals surface area contributed by atoms with E-state index >= 15 is 0 Å². The zero-order chi connectivity index (χ0) is 97.8. The van der Waals surface area contributed by atoms with Crippen molar-refractivity contribution in [3.8, 4) is 0 Å². The maximum Gasteiger partial charge on any atom is 0.472 e. The van der Waals surface area contributed by atoms with Crippen LogP contribution in [0, 0.1) is 41.5 Å². The number of aromatic nitrogens is 12. The van der Waals surface area contributed by atoms with Crippen molar-refractivity contribution >= 4 is 52.8 Å². The quantitative estimate of drug-likeness (QED) is 0.0133. The van der Waals surface area contributed by atoms with Gasteiger partial charge in [-0.25, -0.2) is 56.2 Å². The molecule has 59 nitrogen and oxygen atoms in total. The summed E-state index contributed by atoms with van der Waals surface area (Å²) in [7, 11) is -33.2. The first-order valence-electron chi connectivity index (χ1n) is 40.9. The third-order valence-corrected chi connectivity index (χ3v) is 27.8. The van der Waals surface area contributed by atoms with Gasteiger partial charge in [0.25, 0.3) is 33.4 Å². The molecule has 0 aromatic carbocycles. The molecule has 0 saturated carbocycles. The van der Waals surface area contributed by atoms with Gasteiger partial charge in [-0.2, -0.15) is 0 Å². The number of carbonyl (C=O) groups excluding carboxylic acids is 1. The summed E-state index contributed by atoms with van der Waals surface area (Å²) in [6, 6.07) is -1.11. The van der Waals surface area contributed by atoms with Crippen molar-refractivity contribution in [1.29, 1.82) is 0 Å². The molecule has 25 atom stereocenters. The van der Waals surface area contributed by atoms with Gasteiger partial charge in [0.1, 0.15) is 111 Å². The molecule has 6 saturated heterocycles. The van der Waals surface area contributed by atoms with Gasteiger partial charge in [-0.1, -0.05) is 12.8 Å². The molecular weight excluding hydrogens is 1930 g/mol. The molecule has 744 valence electrons. The van der Waals surface area contributed by atoms with Gasteiger partial charge in [0.15, 0.2) is 0 Å². The summed E-state index contributed by atoms with van der Waals surface area (Å²) in [5.74, 6) is -0.566. The van der Waals surface area contributed by atoms with E-state index in [0.29, 0.717) is 19.3 Å². The van der Waals surface area contributed by atoms with E-state index in [0.717, 1.165) is 64.6 Å². The predicted molar refractivity (Wildman–Crippen MR) is 445 cm³/mol. The number of nitrogens with one attached hydrogen (secondary N) is 7. The average Bonchev–Trinajstić information content (AvgIpc) is 1.65. The second kappa shape index (κ2) is 43.5. The molecule has 17 N–H and O–H groups in total. The van der Waals surface area contributed by atoms with Crippen LogP contribution in [0.5, 0.6) is 0 Å². The number of hydrogen-bond acceptors (Lipinski definition) is 40. The van der Waals surface area contributed by atoms with Crippen LogP contribution in [-0.2, 0) is 115 Å². The highest BCUT2D eigenvalue weighted by Gasteiger charge is 2.52. The number of hydrogen-bond donors (Lipinski definition) is 16. The number of aryl methyl sites for hydroxylation is 6. The molecule has 6 aromatic heterocycles. The molecule has 6 fully saturated rings. The average molecular weight is 2030 g/mol. The highest BCUT2D eigenvalue weighted by atomic mass is 31.2. The summed E-state index contributed by atoms with van der Waals surface area (Å²) in [6.07, 6.45) is -25.8. The number of H-pyrrole nitrogens is 6. The Kier molecular flexibility index (Phi) is 34.0. The molecule has 6 aliphatic heterocycles. The molecule has 0 radical (unpaired) electrons. The Labute approximate surface area is 750 Å². The Hall–Kier alpha value is -8.15. The van der Waals surface area contributed by atoms with E-state index < -0.39 is 315 Å². The Morgan fingerprint density at radius 3 is 0.821 bits per heavy atom. The number of unbranched alkanes of at least 4 members (excludes halogenated alkanes) is 3. The fraction of sp³-hybridized carbons (Fsp3) is 0.638. The molecular formula is C69H98N14O45P6. The lowest BCUT2D eigenvalue weighted by molar-refractivity contribution is -0.123. The fourth-order valence-electron chi connectivity index (χ4n) is 14.7. The lowest BCUT2D eigenvalue weighted by atomic mass is 10.2. The number of amides is 1. The Morgan fingerprint density at radius 1 is 0.358 bits per heavy atom. The van der Waals surface area contributed by atoms with Crippen molar-refractivity contribution in [1.82, 2.24) is 62.6 Å². The van der Waals surface area contributed by atoms with E-state index in [1.165, 1.54) is 41.5 Å². The lowest BCUT2D eigenvalue weighted by Crippen LogP contribution is -2.43. The third-order valence-electron chi connectivity index (χ3n) is 21.8. The number of phosphoric acid groups is 6. The molecule has 6 aromatic rings. The van der Waals surface area contributed by atoms with Gasteiger partial charge in [0.05, 0.1) is 59.0 Å². The van der Waals surface area contributed by atoms with E-state index in [-0.39, 0.29) is 59.4 Å². The maximum absolute atomic E-state index is 14.5. The van der Waals surface area contributed by atoms with Gasteiger partial charge in [0.2, 0.25) is 5.91 Å². The van der Waals surface area contributed by atoms with Gasteiger partial charge < -0.3 is 79.0 Å². The summed E-state index contributed by atoms with van der Waals surface area (Å²) in [5, 5.41) is 22.5. The lowest BCUT2D eigenvalue weighted by Gasteiger charge is -2.26. The Balaban J connectivity index is 0.728. The van der Waals surface area contributed by atoms with Crippen molar-refractivity contribution in [3.63, 3.8) is 0 Å². The SMILES string of the molecule is Cc1cn([C@H]2C[C@H](OP(=O)(O)OC[C@H]3O[C@@H](n4cc(C)c(=O)[nH]c4=O)C[C@@H]3OP(=O)(O)OC[C@H]3O[C@@H](n4cc(C)c(=O)[nH]c4=O)C[C@@H]3OP(=O)(O)OC[C@H]3O[C@@H](n4cc(C)c(=O)[nH]c4=O)C[C@@H]3OP(=O)(O)OC[C@H]3O[C@@H](n4cc(C)c(=O)[nH]c4=O)C[C@@H]3OP(=O)(O)OC[C@H]3O[C@@H](n4cc(C)c(=O)[nH]c4=O)C[C@@H]3O)[C@@H](COP(=O)(O)OCCCCCCNC(=O)[C@@H](N)CO)O2)c(=O)[nH]c1=O. The predicted octanol–water partition coefficient (Wildman–Crippen LogP) is -3.14. The van der Waals surface area contributed by atoms with E-state index in [1.807, 2.05) is 15.0 Å². The third kappa shape index (κ3) is 27.1. The highest BCUT2D eigenvalue weighted by molar-refractivity contribution is 7.48. The smallest absolute Gasteiger partial charge is 0.394 e. The topological polar surface area (TPSA) is 815 Å². The molecule has 12 rings (SSSR count). The number of phosphoric ester groups is 6. The number of aromatic amines is 6. The van der Waals surface area contributed by atoms with Crippen molar-refractivity contribution in [3.05, 3.63) is 196 Å². The summed E-state index contributed by atoms with van der Waals surface area (Å²) >= 11 is 0. The maximum atomic E-state index is 14.5. The van der Waals surface area contributed by atoms with Crippen LogP contribution in [-0.4, -0.2) is 241 Å². The molecule has 1 amide bonds. The largest absolute Gasteiger partial charge is 0.472 e. The Bertz CT molecular complexity index is 6380. The van der Waals surface area contributed by atoms with Crippen LogP contribution in [0.15, 0.2) is 94.7 Å². The summed E-state index contributed by atoms with van der Waals surface area (Å²) < 4.78 is 190. The standard InChI is InChI=1S/C69H98N14O45P6/c1-32-19-78(64(93)72-57(32)86)51-13-39(85)45(118-51)26-113-130(101,102)124-41-15-53(80-21-34(3)59(88)74-66(80)95)120-47(41)28-115-132(105,106)126-43-17-55(82-23-36(5)61(90)76-68(82)97)122-49(43)30-117-134(109,110)128-44-18-56(83-24-37(6)62(91)77-69(83)98)123-50(44)31-116-133(107,108)127-42-16-54(81-22-35(4)60(89)75-67(81)96)121-48(42)29-114-131(103,104)125-40-14-52(79-20-33(2)58(87)73-65(79)94)119-46(40)27-112-129(99,100)111-12-10-8-7-9-11-71-63(92)38(70)25-84/h19-24,38-56,84-85H,7-18,25-31,70H2,1-6H3,(H,71,92)(H,99,100)(H,101,102)(H,103,104)(H,105,106)(H,107,108)(H,109,110)(H,72,86,93)(H,73,87,94)(H,74,88,95)(H,75,89,96)(H,76,90,97)(H,77,91,98)/t38-,39-,40-,41-,42-,43-,44-,45+,46+,47+,48+,49+,50+,51+,52+,53+,54+,55+,56+/m0/s1. The van der Waals surface area contributed by atoms with E-state index in [9.17, 15) is 124 Å². The highest BCUT2D eigenvalue weighted by Crippen LogP contribution is 2.57. The van der Waals surface area contributed by atoms with Gasteiger partial charge in [-0.3, -0.25) is 145 Å². The van der Waals surface area contributed by atoms with Gasteiger partial charge in [-0.05, 0) is 54.4 Å². The molecule has 0 aliphatic carbocycles. The molecule has 6 aliphatic rings. The zero-order valence-corrected chi connectivity index (χ0v) is 76.9. The number of aliphatic hydroxyl groups is 2. The van der Waals surface area contributed by atoms with Crippen LogP contribution in [0.1, 0.15) is 135 Å². The van der Waals surface area contributed by atoms with Crippen LogP contribution in [0.2, 0.25) is 0 Å². The summed E-state index contributed by atoms with van der Waals surface area (Å²) in [5.41, 5.74) is -6.03. The molecule has 65 heteroatoms. The number of carbonyl (C=O) groups is 1. The number of nitrogens with zero attached hydrogens (tertiary/aromatic N) is 6. The minimum Gasteiger partial charge on any atom is -0.394 e. The number of rotatable bonds is 44. The first-order valence-corrected chi connectivity index (χ1v) is 49.9. The molecule has 134 heavy (non-hydrogen) atoms. The molecule has 0 bridgehead atoms. The van der Waals surface area contributed by atoms with E-state index in [1.54, 1.807) is 0 Å². The first-order chi connectivity index (χ1) is 62.8. The van der Waals surface area contributed by atoms with E-state index in [4.69, 9.17) is 93.5 Å². The van der Waals surface area contributed by atoms with Crippen LogP contribution in [0.4, 0.5) is 0 Å². The van der Waals surface area contributed by atoms with Gasteiger partial charge in [0, 0.05) is 116 Å².